The van der Waals surface area contributed by atoms with E-state index in [2.05, 4.69) is 5.92 Å². The lowest BCUT2D eigenvalue weighted by atomic mass is 10.9. The van der Waals surface area contributed by atoms with Gasteiger partial charge < -0.3 is 0 Å². The van der Waals surface area contributed by atoms with Gasteiger partial charge in [0.05, 0.1) is 0 Å². The Morgan fingerprint density at radius 2 is 2.00 bits per heavy atom. The zero-order chi connectivity index (χ0) is 4.99. The third-order valence-electron chi connectivity index (χ3n) is 0.203. The van der Waals surface area contributed by atoms with Crippen molar-refractivity contribution in [2.75, 3.05) is 0 Å². The summed E-state index contributed by atoms with van der Waals surface area (Å²) in [4.78, 5) is 0. The minimum absolute atomic E-state index is 1.48. The Morgan fingerprint density at radius 3 is 2.00 bits per heavy atom. The Labute approximate surface area is 38.1 Å². The number of thiol groups is 1. The van der Waals surface area contributed by atoms with E-state index < -0.39 is 10.7 Å². The highest BCUT2D eigenvalue weighted by Gasteiger charge is 1.58. The Hall–Kier alpha value is -0.490. The molecule has 6 heavy (non-hydrogen) atoms. The molecule has 0 heterocycles. The largest absolute Gasteiger partial charge is 0.218 e. The molecular weight excluding hydrogens is 100 g/mol. The molecule has 0 saturated heterocycles. The van der Waals surface area contributed by atoms with E-state index in [4.69, 9.17) is 0 Å². The van der Waals surface area contributed by atoms with Crippen molar-refractivity contribution in [2.24, 2.45) is 0 Å². The van der Waals surface area contributed by atoms with Gasteiger partial charge in [0.15, 0.2) is 0 Å². The van der Waals surface area contributed by atoms with Crippen LogP contribution in [0.15, 0.2) is 0 Å². The molecule has 0 aliphatic heterocycles. The van der Waals surface area contributed by atoms with Crippen molar-refractivity contribution >= 4 is 10.7 Å². The van der Waals surface area contributed by atoms with Gasteiger partial charge in [-0.1, -0.05) is 5.92 Å². The second kappa shape index (κ2) is 2.73. The molecule has 0 unspecified atom stereocenters. The zero-order valence-corrected chi connectivity index (χ0v) is 4.16. The molecule has 0 fully saturated rings. The van der Waals surface area contributed by atoms with Crippen LogP contribution in [0.3, 0.4) is 0 Å². The Morgan fingerprint density at radius 1 is 1.50 bits per heavy atom. The van der Waals surface area contributed by atoms with Crippen molar-refractivity contribution in [3.05, 3.63) is 0 Å². The predicted octanol–water partition coefficient (Wildman–Crippen LogP) is -0.421. The first-order valence-corrected chi connectivity index (χ1v) is 2.52. The van der Waals surface area contributed by atoms with Crippen molar-refractivity contribution in [2.45, 2.75) is 6.92 Å². The molecule has 0 radical (unpaired) electrons. The van der Waals surface area contributed by atoms with Crippen LogP contribution in [-0.2, 0) is 10.7 Å². The molecule has 3 heteroatoms. The molecule has 34 valence electrons. The molecule has 0 rings (SSSR count). The lowest BCUT2D eigenvalue weighted by molar-refractivity contribution is 0.623. The molecule has 0 aliphatic carbocycles. The monoisotopic (exact) mass is 104 g/mol. The van der Waals surface area contributed by atoms with Gasteiger partial charge in [-0.2, -0.15) is 0 Å². The van der Waals surface area contributed by atoms with Crippen molar-refractivity contribution < 1.29 is 8.42 Å². The van der Waals surface area contributed by atoms with Crippen LogP contribution in [0.5, 0.6) is 0 Å². The molecule has 2 nitrogen and oxygen atoms in total. The summed E-state index contributed by atoms with van der Waals surface area (Å²) in [6.45, 7) is 1.48. The molecule has 0 bridgehead atoms. The first-order valence-electron chi connectivity index (χ1n) is 1.34. The average Bonchev–Trinajstić information content (AvgIpc) is 1.35. The topological polar surface area (TPSA) is 34.1 Å². The summed E-state index contributed by atoms with van der Waals surface area (Å²) in [5.41, 5.74) is 0. The summed E-state index contributed by atoms with van der Waals surface area (Å²) in [5.74, 6) is 2.22. The highest BCUT2D eigenvalue weighted by molar-refractivity contribution is 7.77. The molecular formula is C3H4O2S. The van der Waals surface area contributed by atoms with E-state index >= 15 is 0 Å². The summed E-state index contributed by atoms with van der Waals surface area (Å²) in [6, 6.07) is 0. The van der Waals surface area contributed by atoms with Crippen LogP contribution in [0.4, 0.5) is 0 Å². The van der Waals surface area contributed by atoms with Gasteiger partial charge in [-0.05, 0) is 6.92 Å². The van der Waals surface area contributed by atoms with Gasteiger partial charge in [0.2, 0.25) is 10.7 Å². The summed E-state index contributed by atoms with van der Waals surface area (Å²) >= 11 is 0. The second-order valence-corrected chi connectivity index (χ2v) is 1.36. The van der Waals surface area contributed by atoms with Crippen molar-refractivity contribution in [3.8, 4) is 11.2 Å². The Balaban J connectivity index is 3.85. The van der Waals surface area contributed by atoms with Crippen LogP contribution in [0.2, 0.25) is 0 Å². The number of hydrogen-bond donors (Lipinski definition) is 1. The number of hydrogen-bond acceptors (Lipinski definition) is 2. The van der Waals surface area contributed by atoms with Gasteiger partial charge in [0.25, 0.3) is 0 Å². The van der Waals surface area contributed by atoms with Crippen LogP contribution < -0.4 is 0 Å². The molecule has 0 saturated carbocycles. The third-order valence-corrected chi connectivity index (χ3v) is 0.609. The van der Waals surface area contributed by atoms with Crippen LogP contribution in [-0.4, -0.2) is 8.42 Å². The summed E-state index contributed by atoms with van der Waals surface area (Å²) in [7, 11) is -2.46. The van der Waals surface area contributed by atoms with Crippen molar-refractivity contribution in [1.82, 2.24) is 0 Å². The number of rotatable bonds is 0. The van der Waals surface area contributed by atoms with E-state index in [0.717, 1.165) is 0 Å². The van der Waals surface area contributed by atoms with E-state index in [1.165, 1.54) is 6.92 Å². The van der Waals surface area contributed by atoms with Gasteiger partial charge in [-0.15, -0.1) is 0 Å². The van der Waals surface area contributed by atoms with Crippen LogP contribution in [0.25, 0.3) is 0 Å². The van der Waals surface area contributed by atoms with Gasteiger partial charge >= 0.3 is 0 Å². The Kier molecular flexibility index (Phi) is 2.51. The van der Waals surface area contributed by atoms with E-state index in [0.29, 0.717) is 0 Å². The molecule has 0 amide bonds. The maximum atomic E-state index is 9.46. The first kappa shape index (κ1) is 5.51. The maximum absolute atomic E-state index is 9.46. The smallest absolute Gasteiger partial charge is 0.206 e. The van der Waals surface area contributed by atoms with Crippen LogP contribution >= 0.6 is 0 Å². The SMILES string of the molecule is CC#C[SH](=O)=O. The molecule has 0 aromatic carbocycles. The van der Waals surface area contributed by atoms with Gasteiger partial charge in [0, 0.05) is 5.25 Å². The fraction of sp³-hybridized carbons (Fsp3) is 0.333. The average molecular weight is 104 g/mol. The molecule has 0 atom stereocenters. The van der Waals surface area contributed by atoms with Crippen molar-refractivity contribution in [1.29, 1.82) is 0 Å². The fourth-order valence-corrected chi connectivity index (χ4v) is 0.274. The van der Waals surface area contributed by atoms with Crippen LogP contribution in [0.1, 0.15) is 6.92 Å². The fourth-order valence-electron chi connectivity index (χ4n) is 0.0913. The van der Waals surface area contributed by atoms with E-state index in [1.807, 2.05) is 5.25 Å². The van der Waals surface area contributed by atoms with Gasteiger partial charge in [-0.25, -0.2) is 8.42 Å². The van der Waals surface area contributed by atoms with Crippen molar-refractivity contribution in [3.63, 3.8) is 0 Å². The first-order chi connectivity index (χ1) is 2.77. The highest BCUT2D eigenvalue weighted by Crippen LogP contribution is 1.50. The predicted molar refractivity (Wildman–Crippen MR) is 23.8 cm³/mol. The van der Waals surface area contributed by atoms with E-state index in [-0.39, 0.29) is 0 Å². The third kappa shape index (κ3) is 3.51. The molecule has 0 aromatic rings. The molecule has 0 spiro atoms. The molecule has 0 N–H and O–H groups in total. The standard InChI is InChI=1S/C3H4O2S/c1-2-3-6(4)5/h6H,1H3. The minimum atomic E-state index is -2.46. The van der Waals surface area contributed by atoms with Gasteiger partial charge in [-0.3, -0.25) is 0 Å². The van der Waals surface area contributed by atoms with E-state index in [1.54, 1.807) is 0 Å². The maximum Gasteiger partial charge on any atom is 0.206 e. The summed E-state index contributed by atoms with van der Waals surface area (Å²) in [5, 5.41) is 1.91. The lowest BCUT2D eigenvalue weighted by Crippen LogP contribution is -1.59. The zero-order valence-electron chi connectivity index (χ0n) is 3.26. The lowest BCUT2D eigenvalue weighted by Gasteiger charge is -1.50. The summed E-state index contributed by atoms with van der Waals surface area (Å²) in [6.07, 6.45) is 0. The Bertz CT molecular complexity index is 138. The quantitative estimate of drug-likeness (QED) is 0.334. The molecule has 0 aromatic heterocycles. The molecule has 0 aliphatic rings. The van der Waals surface area contributed by atoms with Crippen LogP contribution in [0, 0.1) is 11.2 Å². The van der Waals surface area contributed by atoms with E-state index in [9.17, 15) is 8.42 Å². The second-order valence-electron chi connectivity index (χ2n) is 0.619. The highest BCUT2D eigenvalue weighted by atomic mass is 32.2. The normalized spacial score (nSPS) is 7.00. The summed E-state index contributed by atoms with van der Waals surface area (Å²) < 4.78 is 18.9. The minimum Gasteiger partial charge on any atom is -0.218 e. The van der Waals surface area contributed by atoms with Gasteiger partial charge in [0.1, 0.15) is 0 Å².